The first-order chi connectivity index (χ1) is 13.2. The van der Waals surface area contributed by atoms with Crippen molar-refractivity contribution < 1.29 is 14.3 Å². The summed E-state index contributed by atoms with van der Waals surface area (Å²) >= 11 is 0. The van der Waals surface area contributed by atoms with E-state index in [0.717, 1.165) is 57.1 Å². The largest absolute Gasteiger partial charge is 0.385 e. The summed E-state index contributed by atoms with van der Waals surface area (Å²) in [5.74, 6) is 0.812. The summed E-state index contributed by atoms with van der Waals surface area (Å²) in [6.45, 7) is 3.98. The van der Waals surface area contributed by atoms with E-state index in [1.807, 2.05) is 24.3 Å². The van der Waals surface area contributed by atoms with Gasteiger partial charge in [0.25, 0.3) is 5.91 Å². The lowest BCUT2D eigenvalue weighted by atomic mass is 10.1. The quantitative estimate of drug-likeness (QED) is 0.410. The number of hydrogen-bond donors (Lipinski definition) is 2. The van der Waals surface area contributed by atoms with Crippen molar-refractivity contribution in [1.82, 2.24) is 15.5 Å². The molecule has 0 saturated carbocycles. The molecule has 1 aromatic carbocycles. The second-order valence-corrected chi connectivity index (χ2v) is 6.58. The number of benzene rings is 1. The van der Waals surface area contributed by atoms with Crippen molar-refractivity contribution >= 4 is 11.9 Å². The maximum Gasteiger partial charge on any atom is 0.251 e. The van der Waals surface area contributed by atoms with E-state index in [9.17, 15) is 4.79 Å². The van der Waals surface area contributed by atoms with Crippen LogP contribution in [0, 0.1) is 0 Å². The second kappa shape index (κ2) is 11.6. The smallest absolute Gasteiger partial charge is 0.251 e. The highest BCUT2D eigenvalue weighted by Crippen LogP contribution is 2.14. The fourth-order valence-electron chi connectivity index (χ4n) is 3.17. The number of piperidine rings is 1. The second-order valence-electron chi connectivity index (χ2n) is 6.58. The third-order valence-electron chi connectivity index (χ3n) is 4.67. The number of nitrogens with zero attached hydrogens (tertiary/aromatic N) is 2. The Morgan fingerprint density at radius 3 is 2.74 bits per heavy atom. The van der Waals surface area contributed by atoms with Gasteiger partial charge in [-0.3, -0.25) is 9.79 Å². The van der Waals surface area contributed by atoms with Crippen LogP contribution in [-0.2, 0) is 16.0 Å². The van der Waals surface area contributed by atoms with Crippen LogP contribution in [0.3, 0.4) is 0 Å². The maximum atomic E-state index is 11.8. The Bertz CT molecular complexity index is 613. The lowest BCUT2D eigenvalue weighted by Crippen LogP contribution is -2.46. The molecular formula is C20H32N4O3. The van der Waals surface area contributed by atoms with Gasteiger partial charge >= 0.3 is 0 Å². The monoisotopic (exact) mass is 376 g/mol. The van der Waals surface area contributed by atoms with Crippen molar-refractivity contribution in [2.45, 2.75) is 31.9 Å². The molecule has 0 bridgehead atoms. The zero-order valence-electron chi connectivity index (χ0n) is 16.7. The molecule has 1 aliphatic rings. The summed E-state index contributed by atoms with van der Waals surface area (Å²) < 4.78 is 11.0. The van der Waals surface area contributed by atoms with E-state index in [1.54, 1.807) is 21.2 Å². The molecule has 1 aromatic rings. The van der Waals surface area contributed by atoms with E-state index >= 15 is 0 Å². The minimum Gasteiger partial charge on any atom is -0.385 e. The van der Waals surface area contributed by atoms with Crippen LogP contribution >= 0.6 is 0 Å². The molecule has 7 heteroatoms. The molecule has 1 aliphatic heterocycles. The highest BCUT2D eigenvalue weighted by atomic mass is 16.5. The summed E-state index contributed by atoms with van der Waals surface area (Å²) in [4.78, 5) is 18.4. The van der Waals surface area contributed by atoms with Crippen LogP contribution in [0.4, 0.5) is 0 Å². The molecule has 1 fully saturated rings. The van der Waals surface area contributed by atoms with Gasteiger partial charge in [-0.05, 0) is 37.0 Å². The van der Waals surface area contributed by atoms with E-state index in [0.29, 0.717) is 18.2 Å². The van der Waals surface area contributed by atoms with E-state index in [-0.39, 0.29) is 5.91 Å². The van der Waals surface area contributed by atoms with Crippen molar-refractivity contribution in [3.05, 3.63) is 35.4 Å². The average Bonchev–Trinajstić information content (AvgIpc) is 2.72. The van der Waals surface area contributed by atoms with Crippen molar-refractivity contribution in [1.29, 1.82) is 0 Å². The summed E-state index contributed by atoms with van der Waals surface area (Å²) in [6.07, 6.45) is 3.26. The Hall–Kier alpha value is -2.12. The Morgan fingerprint density at radius 1 is 1.30 bits per heavy atom. The van der Waals surface area contributed by atoms with Crippen molar-refractivity contribution in [3.63, 3.8) is 0 Å². The first-order valence-corrected chi connectivity index (χ1v) is 9.55. The molecule has 0 aromatic heterocycles. The number of nitrogens with one attached hydrogen (secondary N) is 2. The molecule has 0 unspecified atom stereocenters. The minimum atomic E-state index is -0.0752. The number of hydrogen-bond acceptors (Lipinski definition) is 4. The molecule has 27 heavy (non-hydrogen) atoms. The number of likely N-dealkylation sites (tertiary alicyclic amines) is 1. The standard InChI is InChI=1S/C20H32N4O3/c1-21-19(25)17-7-4-6-16(14-17)15-23-20(22-2)24-10-8-18(9-11-24)27-13-5-12-26-3/h4,6-7,14,18H,5,8-13,15H2,1-3H3,(H,21,25)(H,22,23). The van der Waals surface area contributed by atoms with Gasteiger partial charge in [-0.15, -0.1) is 0 Å². The Morgan fingerprint density at radius 2 is 2.07 bits per heavy atom. The first-order valence-electron chi connectivity index (χ1n) is 9.55. The minimum absolute atomic E-state index is 0.0752. The molecule has 7 nitrogen and oxygen atoms in total. The van der Waals surface area contributed by atoms with Crippen LogP contribution in [0.15, 0.2) is 29.3 Å². The van der Waals surface area contributed by atoms with Gasteiger partial charge in [-0.2, -0.15) is 0 Å². The summed E-state index contributed by atoms with van der Waals surface area (Å²) in [5.41, 5.74) is 1.71. The molecule has 0 atom stereocenters. The number of ether oxygens (including phenoxy) is 2. The molecular weight excluding hydrogens is 344 g/mol. The molecule has 2 rings (SSSR count). The van der Waals surface area contributed by atoms with Gasteiger partial charge in [0.1, 0.15) is 0 Å². The lowest BCUT2D eigenvalue weighted by Gasteiger charge is -2.34. The number of aliphatic imine (C=N–C) groups is 1. The Balaban J connectivity index is 1.79. The maximum absolute atomic E-state index is 11.8. The van der Waals surface area contributed by atoms with Gasteiger partial charge in [0.2, 0.25) is 0 Å². The van der Waals surface area contributed by atoms with Crippen molar-refractivity contribution in [2.75, 3.05) is 47.5 Å². The number of carbonyl (C=O) groups is 1. The molecule has 0 aliphatic carbocycles. The number of rotatable bonds is 8. The van der Waals surface area contributed by atoms with Crippen LogP contribution in [0.25, 0.3) is 0 Å². The van der Waals surface area contributed by atoms with Gasteiger partial charge in [-0.25, -0.2) is 0 Å². The zero-order chi connectivity index (χ0) is 19.5. The van der Waals surface area contributed by atoms with Crippen molar-refractivity contribution in [2.24, 2.45) is 4.99 Å². The fourth-order valence-corrected chi connectivity index (χ4v) is 3.17. The summed E-state index contributed by atoms with van der Waals surface area (Å²) in [6, 6.07) is 7.62. The SMILES string of the molecule is CN=C(NCc1cccc(C(=O)NC)c1)N1CCC(OCCCOC)CC1. The topological polar surface area (TPSA) is 75.2 Å². The number of amides is 1. The van der Waals surface area contributed by atoms with Gasteiger partial charge in [-0.1, -0.05) is 12.1 Å². The van der Waals surface area contributed by atoms with E-state index in [2.05, 4.69) is 20.5 Å². The highest BCUT2D eigenvalue weighted by Gasteiger charge is 2.21. The van der Waals surface area contributed by atoms with Crippen LogP contribution in [-0.4, -0.2) is 70.4 Å². The molecule has 1 heterocycles. The van der Waals surface area contributed by atoms with Gasteiger partial charge in [0.15, 0.2) is 5.96 Å². The van der Waals surface area contributed by atoms with Crippen LogP contribution < -0.4 is 10.6 Å². The normalized spacial score (nSPS) is 15.7. The predicted molar refractivity (Wildman–Crippen MR) is 107 cm³/mol. The predicted octanol–water partition coefficient (Wildman–Crippen LogP) is 1.64. The zero-order valence-corrected chi connectivity index (χ0v) is 16.7. The first kappa shape index (κ1) is 21.2. The molecule has 0 radical (unpaired) electrons. The van der Waals surface area contributed by atoms with Gasteiger partial charge in [0.05, 0.1) is 6.10 Å². The number of methoxy groups -OCH3 is 1. The van der Waals surface area contributed by atoms with E-state index in [4.69, 9.17) is 9.47 Å². The van der Waals surface area contributed by atoms with Crippen LogP contribution in [0.5, 0.6) is 0 Å². The summed E-state index contributed by atoms with van der Waals surface area (Å²) in [5, 5.41) is 6.05. The summed E-state index contributed by atoms with van der Waals surface area (Å²) in [7, 11) is 5.16. The Kier molecular flexibility index (Phi) is 9.07. The third kappa shape index (κ3) is 6.84. The fraction of sp³-hybridized carbons (Fsp3) is 0.600. The van der Waals surface area contributed by atoms with Crippen LogP contribution in [0.2, 0.25) is 0 Å². The molecule has 150 valence electrons. The molecule has 1 saturated heterocycles. The Labute approximate surface area is 162 Å². The molecule has 1 amide bonds. The number of guanidine groups is 1. The number of carbonyl (C=O) groups excluding carboxylic acids is 1. The van der Waals surface area contributed by atoms with Crippen LogP contribution in [0.1, 0.15) is 35.2 Å². The third-order valence-corrected chi connectivity index (χ3v) is 4.67. The van der Waals surface area contributed by atoms with Gasteiger partial charge < -0.3 is 25.0 Å². The average molecular weight is 377 g/mol. The molecule has 0 spiro atoms. The molecule has 2 N–H and O–H groups in total. The lowest BCUT2D eigenvalue weighted by molar-refractivity contribution is 0.00989. The van der Waals surface area contributed by atoms with Crippen molar-refractivity contribution in [3.8, 4) is 0 Å². The van der Waals surface area contributed by atoms with E-state index in [1.165, 1.54) is 0 Å². The highest BCUT2D eigenvalue weighted by molar-refractivity contribution is 5.94. The van der Waals surface area contributed by atoms with E-state index < -0.39 is 0 Å². The van der Waals surface area contributed by atoms with Gasteiger partial charge in [0, 0.05) is 59.6 Å².